The number of esters is 2. The van der Waals surface area contributed by atoms with Gasteiger partial charge in [0.2, 0.25) is 0 Å². The number of ether oxygens (including phenoxy) is 1. The molecule has 1 aromatic heterocycles. The van der Waals surface area contributed by atoms with Gasteiger partial charge in [-0.1, -0.05) is 0 Å². The fourth-order valence-corrected chi connectivity index (χ4v) is 2.04. The zero-order valence-electron chi connectivity index (χ0n) is 9.95. The van der Waals surface area contributed by atoms with Crippen LogP contribution in [0.15, 0.2) is 12.3 Å². The van der Waals surface area contributed by atoms with Gasteiger partial charge in [-0.25, -0.2) is 0 Å². The molecule has 0 aliphatic carbocycles. The van der Waals surface area contributed by atoms with Gasteiger partial charge in [0.05, 0.1) is 12.8 Å². The molecule has 1 aliphatic heterocycles. The van der Waals surface area contributed by atoms with Crippen LogP contribution in [0.3, 0.4) is 0 Å². The first-order chi connectivity index (χ1) is 8.77. The van der Waals surface area contributed by atoms with Crippen LogP contribution < -0.4 is 0 Å². The number of hydrogen-bond acceptors (Lipinski definition) is 4. The molecule has 102 valence electrons. The molecule has 0 radical (unpaired) electrons. The van der Waals surface area contributed by atoms with E-state index in [1.807, 2.05) is 0 Å². The second-order valence-electron chi connectivity index (χ2n) is 4.38. The highest BCUT2D eigenvalue weighted by Crippen LogP contribution is 2.34. The standard InChI is InChI=1S/C12H10F3NO3/c1-6-5-16-9(12(13,14)15)4-8(6)7-2-10(17)19-11(18)3-7/h4-5,7H,2-3H2,1H3. The van der Waals surface area contributed by atoms with Crippen molar-refractivity contribution in [3.8, 4) is 0 Å². The highest BCUT2D eigenvalue weighted by Gasteiger charge is 2.35. The van der Waals surface area contributed by atoms with Crippen LogP contribution in [-0.2, 0) is 20.5 Å². The fraction of sp³-hybridized carbons (Fsp3) is 0.417. The molecule has 7 heteroatoms. The Hall–Kier alpha value is -1.92. The first-order valence-corrected chi connectivity index (χ1v) is 5.54. The summed E-state index contributed by atoms with van der Waals surface area (Å²) in [7, 11) is 0. The number of hydrogen-bond donors (Lipinski definition) is 0. The van der Waals surface area contributed by atoms with E-state index in [0.717, 1.165) is 12.3 Å². The molecule has 4 nitrogen and oxygen atoms in total. The second kappa shape index (κ2) is 4.64. The predicted molar refractivity (Wildman–Crippen MR) is 57.1 cm³/mol. The van der Waals surface area contributed by atoms with Gasteiger partial charge in [0.25, 0.3) is 0 Å². The lowest BCUT2D eigenvalue weighted by molar-refractivity contribution is -0.163. The van der Waals surface area contributed by atoms with Crippen molar-refractivity contribution in [3.63, 3.8) is 0 Å². The predicted octanol–water partition coefficient (Wildman–Crippen LogP) is 2.36. The Kier molecular flexibility index (Phi) is 3.30. The third-order valence-corrected chi connectivity index (χ3v) is 2.93. The molecule has 1 saturated heterocycles. The van der Waals surface area contributed by atoms with Crippen LogP contribution in [0.2, 0.25) is 0 Å². The van der Waals surface area contributed by atoms with E-state index >= 15 is 0 Å². The average molecular weight is 273 g/mol. The van der Waals surface area contributed by atoms with Crippen LogP contribution in [0.4, 0.5) is 13.2 Å². The van der Waals surface area contributed by atoms with E-state index in [-0.39, 0.29) is 12.8 Å². The summed E-state index contributed by atoms with van der Waals surface area (Å²) >= 11 is 0. The first kappa shape index (κ1) is 13.5. The van der Waals surface area contributed by atoms with Crippen LogP contribution in [0.5, 0.6) is 0 Å². The summed E-state index contributed by atoms with van der Waals surface area (Å²) in [6.07, 6.45) is -3.66. The van der Waals surface area contributed by atoms with Gasteiger partial charge in [-0.05, 0) is 24.1 Å². The lowest BCUT2D eigenvalue weighted by atomic mass is 9.88. The number of nitrogens with zero attached hydrogens (tertiary/aromatic N) is 1. The van der Waals surface area contributed by atoms with Gasteiger partial charge in [0.15, 0.2) is 0 Å². The minimum atomic E-state index is -4.55. The minimum Gasteiger partial charge on any atom is -0.393 e. The first-order valence-electron chi connectivity index (χ1n) is 5.54. The Labute approximate surface area is 106 Å². The highest BCUT2D eigenvalue weighted by molar-refractivity contribution is 5.89. The molecule has 1 aliphatic rings. The van der Waals surface area contributed by atoms with Crippen molar-refractivity contribution in [2.24, 2.45) is 0 Å². The van der Waals surface area contributed by atoms with Crippen molar-refractivity contribution < 1.29 is 27.5 Å². The fourth-order valence-electron chi connectivity index (χ4n) is 2.04. The monoisotopic (exact) mass is 273 g/mol. The molecule has 0 atom stereocenters. The number of rotatable bonds is 1. The van der Waals surface area contributed by atoms with Gasteiger partial charge in [0.1, 0.15) is 5.69 Å². The number of carbonyl (C=O) groups excluding carboxylic acids is 2. The maximum atomic E-state index is 12.6. The van der Waals surface area contributed by atoms with E-state index in [1.54, 1.807) is 6.92 Å². The van der Waals surface area contributed by atoms with Gasteiger partial charge >= 0.3 is 18.1 Å². The van der Waals surface area contributed by atoms with E-state index in [2.05, 4.69) is 9.72 Å². The summed E-state index contributed by atoms with van der Waals surface area (Å²) in [5.74, 6) is -2.02. The number of carbonyl (C=O) groups is 2. The third-order valence-electron chi connectivity index (χ3n) is 2.93. The Bertz CT molecular complexity index is 524. The molecule has 1 aromatic rings. The lowest BCUT2D eigenvalue weighted by Crippen LogP contribution is -2.25. The topological polar surface area (TPSA) is 56.3 Å². The SMILES string of the molecule is Cc1cnc(C(F)(F)F)cc1C1CC(=O)OC(=O)C1. The van der Waals surface area contributed by atoms with Crippen molar-refractivity contribution in [2.45, 2.75) is 31.9 Å². The van der Waals surface area contributed by atoms with Gasteiger partial charge in [-0.15, -0.1) is 0 Å². The molecular formula is C12H10F3NO3. The normalized spacial score (nSPS) is 17.5. The minimum absolute atomic E-state index is 0.103. The van der Waals surface area contributed by atoms with Crippen molar-refractivity contribution >= 4 is 11.9 Å². The van der Waals surface area contributed by atoms with E-state index < -0.39 is 29.7 Å². The summed E-state index contributed by atoms with van der Waals surface area (Å²) in [5.41, 5.74) is -0.202. The largest absolute Gasteiger partial charge is 0.433 e. The second-order valence-corrected chi connectivity index (χ2v) is 4.38. The number of halogens is 3. The molecule has 0 unspecified atom stereocenters. The zero-order chi connectivity index (χ0) is 14.2. The quantitative estimate of drug-likeness (QED) is 0.582. The van der Waals surface area contributed by atoms with Gasteiger partial charge in [-0.2, -0.15) is 13.2 Å². The van der Waals surface area contributed by atoms with Crippen molar-refractivity contribution in [3.05, 3.63) is 29.1 Å². The molecule has 1 fully saturated rings. The Morgan fingerprint density at radius 1 is 1.26 bits per heavy atom. The molecule has 0 aromatic carbocycles. The number of aromatic nitrogens is 1. The van der Waals surface area contributed by atoms with E-state index in [0.29, 0.717) is 11.1 Å². The van der Waals surface area contributed by atoms with Crippen LogP contribution in [0.25, 0.3) is 0 Å². The maximum absolute atomic E-state index is 12.6. The van der Waals surface area contributed by atoms with Crippen LogP contribution >= 0.6 is 0 Å². The Morgan fingerprint density at radius 2 is 1.84 bits per heavy atom. The van der Waals surface area contributed by atoms with Gasteiger partial charge in [-0.3, -0.25) is 14.6 Å². The van der Waals surface area contributed by atoms with Crippen molar-refractivity contribution in [1.29, 1.82) is 0 Å². The molecular weight excluding hydrogens is 263 g/mol. The van der Waals surface area contributed by atoms with Gasteiger partial charge in [0, 0.05) is 12.1 Å². The maximum Gasteiger partial charge on any atom is 0.433 e. The van der Waals surface area contributed by atoms with Crippen molar-refractivity contribution in [2.75, 3.05) is 0 Å². The average Bonchev–Trinajstić information content (AvgIpc) is 2.26. The van der Waals surface area contributed by atoms with Crippen LogP contribution in [0, 0.1) is 6.92 Å². The van der Waals surface area contributed by atoms with Gasteiger partial charge < -0.3 is 4.74 Å². The van der Waals surface area contributed by atoms with E-state index in [4.69, 9.17) is 0 Å². The zero-order valence-corrected chi connectivity index (χ0v) is 9.95. The molecule has 0 bridgehead atoms. The molecule has 0 spiro atoms. The highest BCUT2D eigenvalue weighted by atomic mass is 19.4. The van der Waals surface area contributed by atoms with Crippen molar-refractivity contribution in [1.82, 2.24) is 4.98 Å². The molecule has 19 heavy (non-hydrogen) atoms. The summed E-state index contributed by atoms with van der Waals surface area (Å²) in [4.78, 5) is 25.7. The summed E-state index contributed by atoms with van der Waals surface area (Å²) in [5, 5.41) is 0. The van der Waals surface area contributed by atoms with Crippen LogP contribution in [-0.4, -0.2) is 16.9 Å². The molecule has 2 heterocycles. The Morgan fingerprint density at radius 3 is 2.37 bits per heavy atom. The molecule has 2 rings (SSSR count). The molecule has 0 amide bonds. The molecule has 0 N–H and O–H groups in total. The van der Waals surface area contributed by atoms with E-state index in [1.165, 1.54) is 0 Å². The van der Waals surface area contributed by atoms with Crippen LogP contribution in [0.1, 0.15) is 35.6 Å². The third kappa shape index (κ3) is 2.91. The number of pyridine rings is 1. The number of aryl methyl sites for hydroxylation is 1. The number of alkyl halides is 3. The van der Waals surface area contributed by atoms with E-state index in [9.17, 15) is 22.8 Å². The summed E-state index contributed by atoms with van der Waals surface area (Å²) in [6, 6.07) is 0.895. The number of cyclic esters (lactones) is 2. The smallest absolute Gasteiger partial charge is 0.393 e. The summed E-state index contributed by atoms with van der Waals surface area (Å²) < 4.78 is 42.2. The Balaban J connectivity index is 2.38. The lowest BCUT2D eigenvalue weighted by Gasteiger charge is -2.22. The molecule has 0 saturated carbocycles. The summed E-state index contributed by atoms with van der Waals surface area (Å²) in [6.45, 7) is 1.59.